The van der Waals surface area contributed by atoms with Crippen molar-refractivity contribution in [3.05, 3.63) is 35.7 Å². The van der Waals surface area contributed by atoms with E-state index in [0.717, 1.165) is 23.2 Å². The summed E-state index contributed by atoms with van der Waals surface area (Å²) in [5, 5.41) is 0. The number of nitrogens with one attached hydrogen (secondary N) is 2. The van der Waals surface area contributed by atoms with E-state index >= 15 is 0 Å². The van der Waals surface area contributed by atoms with Gasteiger partial charge in [0.25, 0.3) is 0 Å². The van der Waals surface area contributed by atoms with E-state index < -0.39 is 0 Å². The van der Waals surface area contributed by atoms with E-state index in [2.05, 4.69) is 27.8 Å². The van der Waals surface area contributed by atoms with Crippen molar-refractivity contribution in [1.82, 2.24) is 15.8 Å². The van der Waals surface area contributed by atoms with Crippen molar-refractivity contribution in [2.24, 2.45) is 4.99 Å². The van der Waals surface area contributed by atoms with E-state index in [1.165, 1.54) is 17.4 Å². The molecule has 0 saturated carbocycles. The molecule has 2 N–H and O–H groups in total. The number of aliphatic imine (C=N–C) groups is 1. The van der Waals surface area contributed by atoms with Gasteiger partial charge in [-0.1, -0.05) is 6.92 Å². The number of nitrogens with zero attached hydrogens (tertiary/aromatic N) is 2. The number of allylic oxidation sites excluding steroid dienone is 1. The largest absolute Gasteiger partial charge is 0.329 e. The molecule has 0 unspecified atom stereocenters. The zero-order valence-corrected chi connectivity index (χ0v) is 12.3. The van der Waals surface area contributed by atoms with E-state index in [0.29, 0.717) is 11.4 Å². The summed E-state index contributed by atoms with van der Waals surface area (Å²) in [6.07, 6.45) is 4.58. The van der Waals surface area contributed by atoms with E-state index in [9.17, 15) is 4.39 Å². The molecule has 0 aliphatic rings. The standard InChI is InChI=1S/C14H17FN4S/c1-3-5-17-18-6-4-10(2)19-12-8-13-14(7-11(12)15)20-9-16-13/h4,6-9,17-18H,3,5H2,1-2H3. The van der Waals surface area contributed by atoms with Gasteiger partial charge < -0.3 is 5.43 Å². The number of hydrogen-bond acceptors (Lipinski definition) is 5. The van der Waals surface area contributed by atoms with E-state index in [4.69, 9.17) is 0 Å². The first kappa shape index (κ1) is 14.6. The summed E-state index contributed by atoms with van der Waals surface area (Å²) in [4.78, 5) is 8.42. The fourth-order valence-corrected chi connectivity index (χ4v) is 2.28. The van der Waals surface area contributed by atoms with Crippen molar-refractivity contribution in [3.63, 3.8) is 0 Å². The molecule has 6 heteroatoms. The number of halogens is 1. The highest BCUT2D eigenvalue weighted by atomic mass is 32.1. The molecular formula is C14H17FN4S. The van der Waals surface area contributed by atoms with Crippen molar-refractivity contribution in [2.75, 3.05) is 6.54 Å². The Balaban J connectivity index is 2.08. The van der Waals surface area contributed by atoms with E-state index in [1.807, 2.05) is 6.92 Å². The summed E-state index contributed by atoms with van der Waals surface area (Å²) >= 11 is 1.42. The molecule has 106 valence electrons. The van der Waals surface area contributed by atoms with Gasteiger partial charge in [0.1, 0.15) is 11.5 Å². The van der Waals surface area contributed by atoms with E-state index in [-0.39, 0.29) is 5.82 Å². The molecule has 0 atom stereocenters. The summed E-state index contributed by atoms with van der Waals surface area (Å²) in [5.74, 6) is -0.327. The Morgan fingerprint density at radius 1 is 1.50 bits per heavy atom. The third-order valence-corrected chi connectivity index (χ3v) is 3.37. The Kier molecular flexibility index (Phi) is 5.20. The van der Waals surface area contributed by atoms with Crippen LogP contribution < -0.4 is 10.9 Å². The summed E-state index contributed by atoms with van der Waals surface area (Å²) in [7, 11) is 0. The van der Waals surface area contributed by atoms with Crippen molar-refractivity contribution in [3.8, 4) is 0 Å². The monoisotopic (exact) mass is 292 g/mol. The van der Waals surface area contributed by atoms with Gasteiger partial charge >= 0.3 is 0 Å². The van der Waals surface area contributed by atoms with Gasteiger partial charge in [-0.05, 0) is 31.6 Å². The number of aromatic nitrogens is 1. The van der Waals surface area contributed by atoms with Crippen LogP contribution in [0.25, 0.3) is 10.2 Å². The van der Waals surface area contributed by atoms with Gasteiger partial charge in [0.2, 0.25) is 0 Å². The molecule has 1 heterocycles. The highest BCUT2D eigenvalue weighted by molar-refractivity contribution is 7.16. The van der Waals surface area contributed by atoms with Crippen LogP contribution in [0.15, 0.2) is 34.9 Å². The topological polar surface area (TPSA) is 49.3 Å². The second-order valence-corrected chi connectivity index (χ2v) is 5.17. The predicted octanol–water partition coefficient (Wildman–Crippen LogP) is 3.55. The van der Waals surface area contributed by atoms with Crippen LogP contribution in [0.2, 0.25) is 0 Å². The van der Waals surface area contributed by atoms with Gasteiger partial charge in [0, 0.05) is 18.5 Å². The Morgan fingerprint density at radius 3 is 3.15 bits per heavy atom. The molecule has 20 heavy (non-hydrogen) atoms. The van der Waals surface area contributed by atoms with Crippen molar-refractivity contribution >= 4 is 33.0 Å². The van der Waals surface area contributed by atoms with Crippen LogP contribution in [0.3, 0.4) is 0 Å². The lowest BCUT2D eigenvalue weighted by Crippen LogP contribution is -2.27. The van der Waals surface area contributed by atoms with Gasteiger partial charge in [0.15, 0.2) is 0 Å². The SMILES string of the molecule is CCCNNC=CC(C)=Nc1cc2ncsc2cc1F. The minimum absolute atomic E-state index is 0.312. The molecule has 0 aliphatic heterocycles. The molecule has 0 bridgehead atoms. The van der Waals surface area contributed by atoms with Gasteiger partial charge in [-0.25, -0.2) is 14.8 Å². The molecule has 2 aromatic rings. The van der Waals surface area contributed by atoms with Crippen LogP contribution in [-0.2, 0) is 0 Å². The molecule has 1 aromatic carbocycles. The van der Waals surface area contributed by atoms with Crippen LogP contribution in [0.1, 0.15) is 20.3 Å². The smallest absolute Gasteiger partial charge is 0.150 e. The lowest BCUT2D eigenvalue weighted by Gasteiger charge is -2.01. The second-order valence-electron chi connectivity index (χ2n) is 4.28. The Labute approximate surface area is 121 Å². The minimum Gasteiger partial charge on any atom is -0.329 e. The molecular weight excluding hydrogens is 275 g/mol. The minimum atomic E-state index is -0.327. The molecule has 0 radical (unpaired) electrons. The molecule has 2 rings (SSSR count). The van der Waals surface area contributed by atoms with Gasteiger partial charge in [-0.15, -0.1) is 11.3 Å². The second kappa shape index (κ2) is 7.12. The van der Waals surface area contributed by atoms with Gasteiger partial charge in [0.05, 0.1) is 15.7 Å². The van der Waals surface area contributed by atoms with Crippen LogP contribution in [0, 0.1) is 5.82 Å². The van der Waals surface area contributed by atoms with E-state index in [1.54, 1.807) is 23.9 Å². The normalized spacial score (nSPS) is 12.4. The van der Waals surface area contributed by atoms with Crippen LogP contribution in [-0.4, -0.2) is 17.2 Å². The number of hydrogen-bond donors (Lipinski definition) is 2. The number of hydrazine groups is 1. The van der Waals surface area contributed by atoms with Gasteiger partial charge in [-0.2, -0.15) is 0 Å². The third-order valence-electron chi connectivity index (χ3n) is 2.58. The zero-order chi connectivity index (χ0) is 14.4. The maximum absolute atomic E-state index is 13.9. The average molecular weight is 292 g/mol. The molecule has 1 aromatic heterocycles. The van der Waals surface area contributed by atoms with Crippen molar-refractivity contribution in [1.29, 1.82) is 0 Å². The molecule has 0 spiro atoms. The molecule has 0 saturated heterocycles. The lowest BCUT2D eigenvalue weighted by molar-refractivity contribution is 0.617. The summed E-state index contributed by atoms with van der Waals surface area (Å²) in [6, 6.07) is 3.14. The van der Waals surface area contributed by atoms with Crippen molar-refractivity contribution in [2.45, 2.75) is 20.3 Å². The Morgan fingerprint density at radius 2 is 2.35 bits per heavy atom. The predicted molar refractivity (Wildman–Crippen MR) is 82.9 cm³/mol. The zero-order valence-electron chi connectivity index (χ0n) is 11.5. The first-order valence-electron chi connectivity index (χ1n) is 6.43. The molecule has 4 nitrogen and oxygen atoms in total. The number of benzene rings is 1. The lowest BCUT2D eigenvalue weighted by atomic mass is 10.3. The summed E-state index contributed by atoms with van der Waals surface area (Å²) in [5.41, 5.74) is 9.44. The average Bonchev–Trinajstić information content (AvgIpc) is 2.86. The van der Waals surface area contributed by atoms with Crippen LogP contribution in [0.5, 0.6) is 0 Å². The van der Waals surface area contributed by atoms with Crippen LogP contribution in [0.4, 0.5) is 10.1 Å². The highest BCUT2D eigenvalue weighted by Gasteiger charge is 2.05. The Hall–Kier alpha value is -1.79. The maximum atomic E-state index is 13.9. The van der Waals surface area contributed by atoms with Gasteiger partial charge in [-0.3, -0.25) is 4.99 Å². The highest BCUT2D eigenvalue weighted by Crippen LogP contribution is 2.26. The Bertz CT molecular complexity index is 633. The number of fused-ring (bicyclic) bond motifs is 1. The summed E-state index contributed by atoms with van der Waals surface area (Å²) in [6.45, 7) is 4.79. The fraction of sp³-hybridized carbons (Fsp3) is 0.286. The fourth-order valence-electron chi connectivity index (χ4n) is 1.60. The third kappa shape index (κ3) is 3.85. The number of rotatable bonds is 6. The maximum Gasteiger partial charge on any atom is 0.150 e. The number of thiazole rings is 1. The van der Waals surface area contributed by atoms with Crippen molar-refractivity contribution < 1.29 is 4.39 Å². The first-order chi connectivity index (χ1) is 9.70. The van der Waals surface area contributed by atoms with Crippen LogP contribution >= 0.6 is 11.3 Å². The molecule has 0 aliphatic carbocycles. The quantitative estimate of drug-likeness (QED) is 0.486. The summed E-state index contributed by atoms with van der Waals surface area (Å²) < 4.78 is 14.7. The first-order valence-corrected chi connectivity index (χ1v) is 7.31. The molecule has 0 amide bonds. The molecule has 0 fully saturated rings.